The van der Waals surface area contributed by atoms with Gasteiger partial charge in [0.15, 0.2) is 0 Å². The van der Waals surface area contributed by atoms with Gasteiger partial charge in [-0.2, -0.15) is 0 Å². The summed E-state index contributed by atoms with van der Waals surface area (Å²) < 4.78 is 0. The van der Waals surface area contributed by atoms with Crippen LogP contribution in [0.2, 0.25) is 0 Å². The molecule has 2 aliphatic heterocycles. The number of amidine groups is 1. The van der Waals surface area contributed by atoms with E-state index >= 15 is 0 Å². The summed E-state index contributed by atoms with van der Waals surface area (Å²) in [5.74, 6) is 1.68. The van der Waals surface area contributed by atoms with Crippen LogP contribution < -0.4 is 0 Å². The molecule has 0 amide bonds. The quantitative estimate of drug-likeness (QED) is 0.574. The van der Waals surface area contributed by atoms with Crippen LogP contribution in [0.5, 0.6) is 0 Å². The Morgan fingerprint density at radius 1 is 1.31 bits per heavy atom. The number of hydrogen-bond acceptors (Lipinski definition) is 2. The second kappa shape index (κ2) is 5.17. The van der Waals surface area contributed by atoms with Crippen molar-refractivity contribution < 1.29 is 0 Å². The summed E-state index contributed by atoms with van der Waals surface area (Å²) in [4.78, 5) is 4.86. The first-order chi connectivity index (χ1) is 7.72. The minimum absolute atomic E-state index is 0.791. The van der Waals surface area contributed by atoms with Crippen molar-refractivity contribution in [1.82, 2.24) is 9.80 Å². The van der Waals surface area contributed by atoms with Crippen LogP contribution in [-0.4, -0.2) is 48.4 Å². The number of nitrogens with one attached hydrogen (secondary N) is 1. The van der Waals surface area contributed by atoms with Gasteiger partial charge in [0.2, 0.25) is 0 Å². The lowest BCUT2D eigenvalue weighted by Gasteiger charge is -2.46. The molecule has 2 rings (SSSR count). The van der Waals surface area contributed by atoms with Crippen molar-refractivity contribution in [3.63, 3.8) is 0 Å². The van der Waals surface area contributed by atoms with Crippen molar-refractivity contribution in [3.05, 3.63) is 0 Å². The van der Waals surface area contributed by atoms with Gasteiger partial charge in [-0.05, 0) is 45.2 Å². The van der Waals surface area contributed by atoms with Gasteiger partial charge in [-0.25, -0.2) is 0 Å². The molecule has 0 aliphatic carbocycles. The summed E-state index contributed by atoms with van der Waals surface area (Å²) >= 11 is 0. The fourth-order valence-corrected chi connectivity index (χ4v) is 3.29. The maximum Gasteiger partial charge on any atom is 0.0957 e. The first-order valence-corrected chi connectivity index (χ1v) is 6.75. The van der Waals surface area contributed by atoms with Crippen LogP contribution in [0, 0.1) is 11.3 Å². The minimum Gasteiger partial charge on any atom is -0.360 e. The maximum absolute atomic E-state index is 8.05. The van der Waals surface area contributed by atoms with Crippen LogP contribution in [0.15, 0.2) is 0 Å². The molecular formula is C13H25N3. The van der Waals surface area contributed by atoms with Gasteiger partial charge in [0.25, 0.3) is 0 Å². The van der Waals surface area contributed by atoms with Gasteiger partial charge in [-0.1, -0.05) is 6.92 Å². The van der Waals surface area contributed by atoms with E-state index in [9.17, 15) is 0 Å². The highest BCUT2D eigenvalue weighted by Gasteiger charge is 2.34. The number of hydrogen-bond donors (Lipinski definition) is 1. The van der Waals surface area contributed by atoms with Crippen molar-refractivity contribution in [2.24, 2.45) is 5.92 Å². The van der Waals surface area contributed by atoms with Gasteiger partial charge in [-0.15, -0.1) is 0 Å². The van der Waals surface area contributed by atoms with Crippen LogP contribution in [-0.2, 0) is 0 Å². The molecule has 1 N–H and O–H groups in total. The van der Waals surface area contributed by atoms with Crippen LogP contribution in [0.25, 0.3) is 0 Å². The summed E-state index contributed by atoms with van der Waals surface area (Å²) in [5.41, 5.74) is 0. The molecular weight excluding hydrogens is 198 g/mol. The molecule has 0 spiro atoms. The van der Waals surface area contributed by atoms with Crippen LogP contribution >= 0.6 is 0 Å². The molecule has 92 valence electrons. The Morgan fingerprint density at radius 3 is 2.88 bits per heavy atom. The van der Waals surface area contributed by atoms with E-state index in [-0.39, 0.29) is 0 Å². The van der Waals surface area contributed by atoms with E-state index in [1.165, 1.54) is 25.8 Å². The lowest BCUT2D eigenvalue weighted by atomic mass is 9.84. The Morgan fingerprint density at radius 2 is 2.12 bits per heavy atom. The summed E-state index contributed by atoms with van der Waals surface area (Å²) in [6.07, 6.45) is 6.02. The Balaban J connectivity index is 1.92. The lowest BCUT2D eigenvalue weighted by Crippen LogP contribution is -2.53. The van der Waals surface area contributed by atoms with Crippen LogP contribution in [0.4, 0.5) is 0 Å². The van der Waals surface area contributed by atoms with E-state index in [1.807, 2.05) is 0 Å². The molecule has 3 heteroatoms. The van der Waals surface area contributed by atoms with Crippen molar-refractivity contribution >= 4 is 5.84 Å². The average molecular weight is 223 g/mol. The zero-order chi connectivity index (χ0) is 11.5. The molecule has 0 saturated carbocycles. The van der Waals surface area contributed by atoms with E-state index in [0.29, 0.717) is 0 Å². The molecule has 0 aromatic carbocycles. The van der Waals surface area contributed by atoms with E-state index in [2.05, 4.69) is 23.8 Å². The maximum atomic E-state index is 8.05. The molecule has 16 heavy (non-hydrogen) atoms. The Kier molecular flexibility index (Phi) is 3.85. The van der Waals surface area contributed by atoms with E-state index in [1.54, 1.807) is 0 Å². The molecule has 2 fully saturated rings. The SMILES string of the molecule is CCCC(=N)N1CCC2C(CCCN2C)C1. The zero-order valence-electron chi connectivity index (χ0n) is 10.7. The molecule has 2 atom stereocenters. The van der Waals surface area contributed by atoms with Gasteiger partial charge >= 0.3 is 0 Å². The van der Waals surface area contributed by atoms with Crippen LogP contribution in [0.3, 0.4) is 0 Å². The van der Waals surface area contributed by atoms with Crippen molar-refractivity contribution in [3.8, 4) is 0 Å². The second-order valence-corrected chi connectivity index (χ2v) is 5.38. The average Bonchev–Trinajstić information content (AvgIpc) is 2.29. The molecule has 3 nitrogen and oxygen atoms in total. The molecule has 0 aromatic heterocycles. The van der Waals surface area contributed by atoms with Gasteiger partial charge in [0.05, 0.1) is 5.84 Å². The molecule has 0 radical (unpaired) electrons. The predicted molar refractivity (Wildman–Crippen MR) is 68.0 cm³/mol. The molecule has 0 aromatic rings. The van der Waals surface area contributed by atoms with Crippen molar-refractivity contribution in [2.75, 3.05) is 26.7 Å². The molecule has 2 unspecified atom stereocenters. The predicted octanol–water partition coefficient (Wildman–Crippen LogP) is 2.18. The van der Waals surface area contributed by atoms with Crippen molar-refractivity contribution in [1.29, 1.82) is 5.41 Å². The third-order valence-electron chi connectivity index (χ3n) is 4.21. The summed E-state index contributed by atoms with van der Waals surface area (Å²) in [6.45, 7) is 5.67. The number of piperidine rings is 2. The summed E-state index contributed by atoms with van der Waals surface area (Å²) in [5, 5.41) is 8.05. The number of fused-ring (bicyclic) bond motifs is 1. The Bertz CT molecular complexity index is 252. The normalized spacial score (nSPS) is 31.2. The number of nitrogens with zero attached hydrogens (tertiary/aromatic N) is 2. The van der Waals surface area contributed by atoms with Crippen LogP contribution in [0.1, 0.15) is 39.0 Å². The number of likely N-dealkylation sites (tertiary alicyclic amines) is 2. The van der Waals surface area contributed by atoms with E-state index in [0.717, 1.165) is 43.7 Å². The van der Waals surface area contributed by atoms with Gasteiger partial charge < -0.3 is 9.80 Å². The summed E-state index contributed by atoms with van der Waals surface area (Å²) in [7, 11) is 2.27. The smallest absolute Gasteiger partial charge is 0.0957 e. The molecule has 2 aliphatic rings. The molecule has 2 heterocycles. The highest BCUT2D eigenvalue weighted by molar-refractivity contribution is 5.79. The standard InChI is InChI=1S/C13H25N3/c1-3-5-13(14)16-9-7-12-11(10-16)6-4-8-15(12)2/h11-12,14H,3-10H2,1-2H3. The Hall–Kier alpha value is -0.570. The Labute approximate surface area is 99.3 Å². The third kappa shape index (κ3) is 2.40. The fourth-order valence-electron chi connectivity index (χ4n) is 3.29. The van der Waals surface area contributed by atoms with E-state index in [4.69, 9.17) is 5.41 Å². The van der Waals surface area contributed by atoms with E-state index < -0.39 is 0 Å². The highest BCUT2D eigenvalue weighted by atomic mass is 15.2. The summed E-state index contributed by atoms with van der Waals surface area (Å²) in [6, 6.07) is 0.791. The third-order valence-corrected chi connectivity index (χ3v) is 4.21. The van der Waals surface area contributed by atoms with Gasteiger partial charge in [0.1, 0.15) is 0 Å². The van der Waals surface area contributed by atoms with Gasteiger partial charge in [0, 0.05) is 25.6 Å². The molecule has 0 bridgehead atoms. The fraction of sp³-hybridized carbons (Fsp3) is 0.923. The van der Waals surface area contributed by atoms with Crippen molar-refractivity contribution in [2.45, 2.75) is 45.1 Å². The molecule has 2 saturated heterocycles. The highest BCUT2D eigenvalue weighted by Crippen LogP contribution is 2.29. The topological polar surface area (TPSA) is 30.3 Å². The monoisotopic (exact) mass is 223 g/mol. The first-order valence-electron chi connectivity index (χ1n) is 6.75. The zero-order valence-corrected chi connectivity index (χ0v) is 10.7. The largest absolute Gasteiger partial charge is 0.360 e. The first kappa shape index (κ1) is 11.9. The minimum atomic E-state index is 0.791. The second-order valence-electron chi connectivity index (χ2n) is 5.38. The number of rotatable bonds is 2. The lowest BCUT2D eigenvalue weighted by molar-refractivity contribution is 0.0623. The van der Waals surface area contributed by atoms with Gasteiger partial charge in [-0.3, -0.25) is 5.41 Å².